The highest BCUT2D eigenvalue weighted by molar-refractivity contribution is 6.01. The van der Waals surface area contributed by atoms with Gasteiger partial charge in [0.15, 0.2) is 5.78 Å². The highest BCUT2D eigenvalue weighted by Gasteiger charge is 2.36. The molecule has 0 bridgehead atoms. The van der Waals surface area contributed by atoms with Gasteiger partial charge in [-0.2, -0.15) is 0 Å². The molecule has 1 aromatic heterocycles. The van der Waals surface area contributed by atoms with Crippen LogP contribution in [0.4, 0.5) is 5.82 Å². The lowest BCUT2D eigenvalue weighted by molar-refractivity contribution is -0.148. The SMILES string of the molecule is Cc1ccnc(NCCCCC(=O)NCC(=O)C(C(=O)O)C2Cc3ccccc3CN2)c1. The first-order valence-corrected chi connectivity index (χ1v) is 10.9. The fourth-order valence-corrected chi connectivity index (χ4v) is 3.89. The van der Waals surface area contributed by atoms with Crippen molar-refractivity contribution in [3.05, 3.63) is 59.3 Å². The van der Waals surface area contributed by atoms with E-state index in [-0.39, 0.29) is 18.9 Å². The predicted molar refractivity (Wildman–Crippen MR) is 121 cm³/mol. The number of nitrogens with one attached hydrogen (secondary N) is 3. The maximum absolute atomic E-state index is 12.6. The third-order valence-electron chi connectivity index (χ3n) is 5.64. The van der Waals surface area contributed by atoms with E-state index in [1.54, 1.807) is 6.20 Å². The number of rotatable bonds is 11. The number of Topliss-reactive ketones (excluding diaryl/α,β-unsaturated/α-hetero) is 1. The third kappa shape index (κ3) is 6.62. The van der Waals surface area contributed by atoms with E-state index in [0.29, 0.717) is 25.9 Å². The van der Waals surface area contributed by atoms with Gasteiger partial charge in [-0.05, 0) is 55.0 Å². The molecule has 0 fully saturated rings. The summed E-state index contributed by atoms with van der Waals surface area (Å²) in [6.45, 7) is 2.94. The summed E-state index contributed by atoms with van der Waals surface area (Å²) < 4.78 is 0. The molecule has 1 aliphatic rings. The minimum atomic E-state index is -1.20. The first kappa shape index (κ1) is 23.4. The van der Waals surface area contributed by atoms with Gasteiger partial charge in [0.2, 0.25) is 5.91 Å². The van der Waals surface area contributed by atoms with Crippen molar-refractivity contribution < 1.29 is 19.5 Å². The molecule has 2 aromatic rings. The van der Waals surface area contributed by atoms with E-state index < -0.39 is 23.7 Å². The van der Waals surface area contributed by atoms with Crippen molar-refractivity contribution in [2.45, 2.75) is 45.2 Å². The summed E-state index contributed by atoms with van der Waals surface area (Å²) in [5, 5.41) is 18.6. The first-order valence-electron chi connectivity index (χ1n) is 10.9. The second kappa shape index (κ2) is 11.4. The van der Waals surface area contributed by atoms with Gasteiger partial charge in [-0.1, -0.05) is 24.3 Å². The molecule has 2 atom stereocenters. The van der Waals surface area contributed by atoms with E-state index in [9.17, 15) is 19.5 Å². The molecule has 1 aliphatic heterocycles. The Morgan fingerprint density at radius 3 is 2.72 bits per heavy atom. The molecule has 32 heavy (non-hydrogen) atoms. The minimum Gasteiger partial charge on any atom is -0.481 e. The van der Waals surface area contributed by atoms with Crippen LogP contribution >= 0.6 is 0 Å². The van der Waals surface area contributed by atoms with Crippen LogP contribution in [0.5, 0.6) is 0 Å². The average Bonchev–Trinajstić information content (AvgIpc) is 2.77. The molecule has 170 valence electrons. The summed E-state index contributed by atoms with van der Waals surface area (Å²) in [5.41, 5.74) is 3.29. The van der Waals surface area contributed by atoms with E-state index in [0.717, 1.165) is 28.9 Å². The van der Waals surface area contributed by atoms with E-state index in [2.05, 4.69) is 20.9 Å². The van der Waals surface area contributed by atoms with Gasteiger partial charge < -0.3 is 21.1 Å². The number of pyridine rings is 1. The zero-order chi connectivity index (χ0) is 22.9. The van der Waals surface area contributed by atoms with Crippen molar-refractivity contribution >= 4 is 23.5 Å². The molecule has 0 spiro atoms. The zero-order valence-corrected chi connectivity index (χ0v) is 18.3. The van der Waals surface area contributed by atoms with Crippen molar-refractivity contribution in [1.82, 2.24) is 15.6 Å². The number of nitrogens with zero attached hydrogens (tertiary/aromatic N) is 1. The molecule has 0 saturated heterocycles. The number of fused-ring (bicyclic) bond motifs is 1. The Labute approximate surface area is 187 Å². The van der Waals surface area contributed by atoms with Crippen LogP contribution in [0.25, 0.3) is 0 Å². The Balaban J connectivity index is 1.39. The zero-order valence-electron chi connectivity index (χ0n) is 18.3. The van der Waals surface area contributed by atoms with Crippen LogP contribution in [0.15, 0.2) is 42.6 Å². The molecule has 8 heteroatoms. The van der Waals surface area contributed by atoms with Crippen molar-refractivity contribution in [1.29, 1.82) is 0 Å². The smallest absolute Gasteiger partial charge is 0.315 e. The maximum atomic E-state index is 12.6. The largest absolute Gasteiger partial charge is 0.481 e. The van der Waals surface area contributed by atoms with Crippen LogP contribution in [0, 0.1) is 12.8 Å². The second-order valence-electron chi connectivity index (χ2n) is 8.12. The first-order chi connectivity index (χ1) is 15.4. The van der Waals surface area contributed by atoms with Crippen LogP contribution in [-0.4, -0.2) is 46.9 Å². The van der Waals surface area contributed by atoms with Gasteiger partial charge in [0.1, 0.15) is 11.7 Å². The lowest BCUT2D eigenvalue weighted by Crippen LogP contribution is -2.50. The Morgan fingerprint density at radius 2 is 1.97 bits per heavy atom. The van der Waals surface area contributed by atoms with Gasteiger partial charge >= 0.3 is 5.97 Å². The summed E-state index contributed by atoms with van der Waals surface area (Å²) in [7, 11) is 0. The normalized spacial score (nSPS) is 16.0. The molecule has 3 rings (SSSR count). The molecule has 0 saturated carbocycles. The quantitative estimate of drug-likeness (QED) is 0.313. The van der Waals surface area contributed by atoms with Crippen molar-refractivity contribution in [3.8, 4) is 0 Å². The third-order valence-corrected chi connectivity index (χ3v) is 5.64. The molecular weight excluding hydrogens is 408 g/mol. The minimum absolute atomic E-state index is 0.252. The second-order valence-corrected chi connectivity index (χ2v) is 8.12. The molecular formula is C24H30N4O4. The van der Waals surface area contributed by atoms with Crippen LogP contribution in [0.1, 0.15) is 36.0 Å². The number of anilines is 1. The van der Waals surface area contributed by atoms with E-state index in [4.69, 9.17) is 0 Å². The number of ketones is 1. The number of carboxylic acids is 1. The van der Waals surface area contributed by atoms with E-state index >= 15 is 0 Å². The van der Waals surface area contributed by atoms with E-state index in [1.807, 2.05) is 43.3 Å². The fourth-order valence-electron chi connectivity index (χ4n) is 3.89. The molecule has 0 radical (unpaired) electrons. The summed E-state index contributed by atoms with van der Waals surface area (Å²) in [6.07, 6.45) is 3.93. The van der Waals surface area contributed by atoms with Gasteiger partial charge in [-0.15, -0.1) is 0 Å². The van der Waals surface area contributed by atoms with Crippen LogP contribution in [-0.2, 0) is 27.3 Å². The highest BCUT2D eigenvalue weighted by atomic mass is 16.4. The lowest BCUT2D eigenvalue weighted by atomic mass is 9.85. The summed E-state index contributed by atoms with van der Waals surface area (Å²) in [5.74, 6) is -2.31. The van der Waals surface area contributed by atoms with Gasteiger partial charge in [0.05, 0.1) is 6.54 Å². The van der Waals surface area contributed by atoms with Crippen molar-refractivity contribution in [2.75, 3.05) is 18.4 Å². The van der Waals surface area contributed by atoms with Crippen LogP contribution in [0.3, 0.4) is 0 Å². The van der Waals surface area contributed by atoms with E-state index in [1.165, 1.54) is 0 Å². The number of hydrogen-bond acceptors (Lipinski definition) is 6. The monoisotopic (exact) mass is 438 g/mol. The Hall–Kier alpha value is -3.26. The fraction of sp³-hybridized carbons (Fsp3) is 0.417. The van der Waals surface area contributed by atoms with Crippen molar-refractivity contribution in [2.24, 2.45) is 5.92 Å². The number of amides is 1. The number of benzene rings is 1. The lowest BCUT2D eigenvalue weighted by Gasteiger charge is -2.29. The molecule has 1 amide bonds. The number of unbranched alkanes of at least 4 members (excludes halogenated alkanes) is 1. The van der Waals surface area contributed by atoms with Gasteiger partial charge in [0.25, 0.3) is 0 Å². The van der Waals surface area contributed by atoms with Crippen molar-refractivity contribution in [3.63, 3.8) is 0 Å². The predicted octanol–water partition coefficient (Wildman–Crippen LogP) is 2.07. The standard InChI is InChI=1S/C24H30N4O4/c1-16-9-11-26-21(12-16)25-10-5-4-8-22(30)28-15-20(29)23(24(31)32)19-13-17-6-2-3-7-18(17)14-27-19/h2-3,6-7,9,11-12,19,23,27H,4-5,8,10,13-15H2,1H3,(H,25,26)(H,28,30)(H,31,32). The topological polar surface area (TPSA) is 120 Å². The highest BCUT2D eigenvalue weighted by Crippen LogP contribution is 2.21. The number of carbonyl (C=O) groups excluding carboxylic acids is 2. The van der Waals surface area contributed by atoms with Crippen LogP contribution in [0.2, 0.25) is 0 Å². The molecule has 1 aromatic carbocycles. The Bertz CT molecular complexity index is 963. The Kier molecular flexibility index (Phi) is 8.33. The molecule has 0 aliphatic carbocycles. The van der Waals surface area contributed by atoms with Gasteiger partial charge in [-0.3, -0.25) is 14.4 Å². The van der Waals surface area contributed by atoms with Gasteiger partial charge in [0, 0.05) is 31.7 Å². The maximum Gasteiger partial charge on any atom is 0.315 e. The molecule has 4 N–H and O–H groups in total. The number of aliphatic carboxylic acids is 1. The number of hydrogen-bond donors (Lipinski definition) is 4. The molecule has 2 heterocycles. The Morgan fingerprint density at radius 1 is 1.19 bits per heavy atom. The number of carbonyl (C=O) groups is 3. The molecule has 8 nitrogen and oxygen atoms in total. The summed E-state index contributed by atoms with van der Waals surface area (Å²) in [4.78, 5) is 40.7. The van der Waals surface area contributed by atoms with Crippen LogP contribution < -0.4 is 16.0 Å². The summed E-state index contributed by atoms with van der Waals surface area (Å²) in [6, 6.07) is 11.2. The summed E-state index contributed by atoms with van der Waals surface area (Å²) >= 11 is 0. The number of aromatic nitrogens is 1. The molecule has 2 unspecified atom stereocenters. The number of aryl methyl sites for hydroxylation is 1. The average molecular weight is 439 g/mol. The number of carboxylic acid groups (broad SMARTS) is 1. The van der Waals surface area contributed by atoms with Gasteiger partial charge in [-0.25, -0.2) is 4.98 Å².